The lowest BCUT2D eigenvalue weighted by Crippen LogP contribution is -2.55. The number of morpholine rings is 1. The molecule has 1 saturated heterocycles. The van der Waals surface area contributed by atoms with E-state index in [1.807, 2.05) is 17.9 Å². The van der Waals surface area contributed by atoms with Gasteiger partial charge in [0.2, 0.25) is 0 Å². The SMILES string of the molecule is C/C(=C(N)\C=C1/COCC2=NNC(=O)C(C)N21)C1CC1. The second-order valence-corrected chi connectivity index (χ2v) is 5.59. The maximum absolute atomic E-state index is 11.8. The van der Waals surface area contributed by atoms with Crippen molar-refractivity contribution < 1.29 is 9.53 Å². The van der Waals surface area contributed by atoms with Gasteiger partial charge in [-0.25, -0.2) is 5.43 Å². The lowest BCUT2D eigenvalue weighted by Gasteiger charge is -2.38. The highest BCUT2D eigenvalue weighted by Crippen LogP contribution is 2.37. The fourth-order valence-corrected chi connectivity index (χ4v) is 2.60. The monoisotopic (exact) mass is 276 g/mol. The van der Waals surface area contributed by atoms with Crippen LogP contribution in [0.2, 0.25) is 0 Å². The molecule has 0 spiro atoms. The van der Waals surface area contributed by atoms with Crippen molar-refractivity contribution in [3.05, 3.63) is 23.0 Å². The predicted octanol–water partition coefficient (Wildman–Crippen LogP) is 0.677. The van der Waals surface area contributed by atoms with Gasteiger partial charge in [0, 0.05) is 11.4 Å². The Hall–Kier alpha value is -1.82. The smallest absolute Gasteiger partial charge is 0.262 e. The molecule has 1 amide bonds. The van der Waals surface area contributed by atoms with Crippen LogP contribution in [0.5, 0.6) is 0 Å². The molecule has 108 valence electrons. The lowest BCUT2D eigenvalue weighted by atomic mass is 10.1. The Morgan fingerprint density at radius 1 is 1.50 bits per heavy atom. The molecule has 0 aromatic carbocycles. The van der Waals surface area contributed by atoms with Crippen LogP contribution in [0.1, 0.15) is 26.7 Å². The molecule has 20 heavy (non-hydrogen) atoms. The highest BCUT2D eigenvalue weighted by molar-refractivity contribution is 5.96. The van der Waals surface area contributed by atoms with E-state index in [9.17, 15) is 4.79 Å². The zero-order valence-electron chi connectivity index (χ0n) is 11.8. The maximum Gasteiger partial charge on any atom is 0.262 e. The van der Waals surface area contributed by atoms with Crippen molar-refractivity contribution in [2.45, 2.75) is 32.7 Å². The van der Waals surface area contributed by atoms with Crippen molar-refractivity contribution in [1.29, 1.82) is 0 Å². The third-order valence-corrected chi connectivity index (χ3v) is 4.10. The highest BCUT2D eigenvalue weighted by atomic mass is 16.5. The van der Waals surface area contributed by atoms with Crippen molar-refractivity contribution in [3.63, 3.8) is 0 Å². The van der Waals surface area contributed by atoms with Crippen molar-refractivity contribution in [2.75, 3.05) is 13.2 Å². The van der Waals surface area contributed by atoms with Gasteiger partial charge in [-0.2, -0.15) is 5.10 Å². The maximum atomic E-state index is 11.8. The number of hydrogen-bond acceptors (Lipinski definition) is 5. The van der Waals surface area contributed by atoms with E-state index in [1.54, 1.807) is 0 Å². The lowest BCUT2D eigenvalue weighted by molar-refractivity contribution is -0.125. The quantitative estimate of drug-likeness (QED) is 0.777. The summed E-state index contributed by atoms with van der Waals surface area (Å²) in [5, 5.41) is 4.05. The first-order valence-electron chi connectivity index (χ1n) is 6.98. The number of nitrogens with two attached hydrogens (primary N) is 1. The molecule has 2 heterocycles. The summed E-state index contributed by atoms with van der Waals surface area (Å²) in [5.74, 6) is 1.25. The second-order valence-electron chi connectivity index (χ2n) is 5.59. The van der Waals surface area contributed by atoms with Gasteiger partial charge >= 0.3 is 0 Å². The molecule has 3 rings (SSSR count). The zero-order chi connectivity index (χ0) is 14.3. The van der Waals surface area contributed by atoms with Crippen LogP contribution in [0.3, 0.4) is 0 Å². The van der Waals surface area contributed by atoms with Crippen LogP contribution in [0, 0.1) is 5.92 Å². The van der Waals surface area contributed by atoms with Crippen LogP contribution in [-0.2, 0) is 9.53 Å². The third-order valence-electron chi connectivity index (χ3n) is 4.10. The van der Waals surface area contributed by atoms with E-state index in [2.05, 4.69) is 17.5 Å². The van der Waals surface area contributed by atoms with Gasteiger partial charge in [-0.15, -0.1) is 0 Å². The largest absolute Gasteiger partial charge is 0.399 e. The molecule has 2 fully saturated rings. The summed E-state index contributed by atoms with van der Waals surface area (Å²) < 4.78 is 5.52. The molecule has 1 atom stereocenters. The number of amides is 1. The molecule has 2 aliphatic heterocycles. The van der Waals surface area contributed by atoms with Crippen molar-refractivity contribution in [3.8, 4) is 0 Å². The molecule has 0 aromatic heterocycles. The minimum Gasteiger partial charge on any atom is -0.399 e. The summed E-state index contributed by atoms with van der Waals surface area (Å²) in [4.78, 5) is 13.7. The normalized spacial score (nSPS) is 29.6. The van der Waals surface area contributed by atoms with Gasteiger partial charge in [-0.1, -0.05) is 0 Å². The Balaban J connectivity index is 1.91. The number of allylic oxidation sites excluding steroid dienone is 2. The molecule has 1 saturated carbocycles. The molecule has 6 heteroatoms. The summed E-state index contributed by atoms with van der Waals surface area (Å²) in [6.07, 6.45) is 4.38. The van der Waals surface area contributed by atoms with Gasteiger partial charge in [0.05, 0.1) is 6.61 Å². The average Bonchev–Trinajstić information content (AvgIpc) is 3.26. The van der Waals surface area contributed by atoms with Crippen molar-refractivity contribution in [2.24, 2.45) is 16.8 Å². The van der Waals surface area contributed by atoms with Crippen LogP contribution < -0.4 is 11.2 Å². The number of hydrogen-bond donors (Lipinski definition) is 2. The van der Waals surface area contributed by atoms with E-state index >= 15 is 0 Å². The summed E-state index contributed by atoms with van der Waals surface area (Å²) in [7, 11) is 0. The minimum atomic E-state index is -0.285. The van der Waals surface area contributed by atoms with Crippen molar-refractivity contribution >= 4 is 11.7 Å². The standard InChI is InChI=1S/C14H20N4O2/c1-8(10-3-4-10)12(15)5-11-6-20-7-13-16-17-14(19)9(2)18(11)13/h5,9-10H,3-4,6-7,15H2,1-2H3,(H,17,19)/b11-5+,12-8-. The molecule has 3 N–H and O–H groups in total. The Labute approximate surface area is 118 Å². The number of amidine groups is 1. The van der Waals surface area contributed by atoms with Gasteiger partial charge < -0.3 is 15.4 Å². The van der Waals surface area contributed by atoms with Crippen LogP contribution in [0.4, 0.5) is 0 Å². The first-order chi connectivity index (χ1) is 9.58. The molecule has 1 aliphatic carbocycles. The van der Waals surface area contributed by atoms with Crippen LogP contribution in [-0.4, -0.2) is 35.9 Å². The van der Waals surface area contributed by atoms with Gasteiger partial charge in [0.15, 0.2) is 5.84 Å². The average molecular weight is 276 g/mol. The number of nitrogens with one attached hydrogen (secondary N) is 1. The Bertz CT molecular complexity index is 531. The number of hydrazone groups is 1. The molecule has 1 unspecified atom stereocenters. The van der Waals surface area contributed by atoms with Gasteiger partial charge in [0.25, 0.3) is 5.91 Å². The fraction of sp³-hybridized carbons (Fsp3) is 0.571. The number of fused-ring (bicyclic) bond motifs is 1. The number of carbonyl (C=O) groups excluding carboxylic acids is 1. The summed E-state index contributed by atoms with van der Waals surface area (Å²) >= 11 is 0. The zero-order valence-corrected chi connectivity index (χ0v) is 11.8. The number of nitrogens with zero attached hydrogens (tertiary/aromatic N) is 2. The van der Waals surface area contributed by atoms with Gasteiger partial charge in [-0.3, -0.25) is 4.79 Å². The minimum absolute atomic E-state index is 0.108. The topological polar surface area (TPSA) is 80.0 Å². The fourth-order valence-electron chi connectivity index (χ4n) is 2.60. The van der Waals surface area contributed by atoms with E-state index in [0.29, 0.717) is 19.1 Å². The van der Waals surface area contributed by atoms with Crippen molar-refractivity contribution in [1.82, 2.24) is 10.3 Å². The second kappa shape index (κ2) is 4.94. The van der Waals surface area contributed by atoms with E-state index < -0.39 is 0 Å². The Morgan fingerprint density at radius 2 is 2.25 bits per heavy atom. The van der Waals surface area contributed by atoms with Gasteiger partial charge in [-0.05, 0) is 44.3 Å². The summed E-state index contributed by atoms with van der Waals surface area (Å²) in [5.41, 5.74) is 11.6. The van der Waals surface area contributed by atoms with E-state index in [1.165, 1.54) is 18.4 Å². The van der Waals surface area contributed by atoms with Crippen LogP contribution >= 0.6 is 0 Å². The van der Waals surface area contributed by atoms with E-state index in [0.717, 1.165) is 17.2 Å². The first-order valence-corrected chi connectivity index (χ1v) is 6.98. The predicted molar refractivity (Wildman–Crippen MR) is 75.4 cm³/mol. The van der Waals surface area contributed by atoms with Gasteiger partial charge in [0.1, 0.15) is 12.6 Å². The third kappa shape index (κ3) is 2.31. The Morgan fingerprint density at radius 3 is 2.95 bits per heavy atom. The molecule has 0 aromatic rings. The molecule has 3 aliphatic rings. The highest BCUT2D eigenvalue weighted by Gasteiger charge is 2.34. The summed E-state index contributed by atoms with van der Waals surface area (Å²) in [6, 6.07) is -0.285. The molecule has 6 nitrogen and oxygen atoms in total. The Kier molecular flexibility index (Phi) is 3.25. The number of ether oxygens (including phenoxy) is 1. The van der Waals surface area contributed by atoms with Crippen LogP contribution in [0.15, 0.2) is 28.1 Å². The number of carbonyl (C=O) groups is 1. The first kappa shape index (κ1) is 13.2. The van der Waals surface area contributed by atoms with E-state index in [4.69, 9.17) is 10.5 Å². The summed E-state index contributed by atoms with van der Waals surface area (Å²) in [6.45, 7) is 4.80. The molecule has 0 radical (unpaired) electrons. The van der Waals surface area contributed by atoms with E-state index in [-0.39, 0.29) is 11.9 Å². The van der Waals surface area contributed by atoms with Crippen LogP contribution in [0.25, 0.3) is 0 Å². The molecular weight excluding hydrogens is 256 g/mol. The molecule has 0 bridgehead atoms. The molecular formula is C14H20N4O2. The number of rotatable bonds is 2.